The Morgan fingerprint density at radius 1 is 0.952 bits per heavy atom. The van der Waals surface area contributed by atoms with E-state index in [1.807, 2.05) is 18.7 Å². The summed E-state index contributed by atoms with van der Waals surface area (Å²) in [5, 5.41) is 10.8. The van der Waals surface area contributed by atoms with E-state index in [0.717, 1.165) is 45.2 Å². The lowest BCUT2D eigenvalue weighted by atomic mass is 10.0. The van der Waals surface area contributed by atoms with Gasteiger partial charge in [-0.1, -0.05) is 11.6 Å². The third-order valence-electron chi connectivity index (χ3n) is 10.7. The number of anilines is 2. The molecule has 14 nitrogen and oxygen atoms in total. The summed E-state index contributed by atoms with van der Waals surface area (Å²) in [5.74, 6) is -3.59. The number of nitrogens with one attached hydrogen (secondary N) is 2. The van der Waals surface area contributed by atoms with Crippen LogP contribution in [0.25, 0.3) is 27.5 Å². The fraction of sp³-hybridized carbons (Fsp3) is 0.390. The van der Waals surface area contributed by atoms with Gasteiger partial charge in [0.1, 0.15) is 36.2 Å². The molecule has 1 aliphatic carbocycles. The van der Waals surface area contributed by atoms with Gasteiger partial charge in [0, 0.05) is 37.2 Å². The summed E-state index contributed by atoms with van der Waals surface area (Å²) in [6.07, 6.45) is -4.48. The molecule has 334 valence electrons. The van der Waals surface area contributed by atoms with E-state index < -0.39 is 83.0 Å². The number of morpholine rings is 1. The highest BCUT2D eigenvalue weighted by molar-refractivity contribution is 7.92. The molecule has 0 spiro atoms. The zero-order valence-corrected chi connectivity index (χ0v) is 35.4. The second-order valence-corrected chi connectivity index (χ2v) is 18.0. The second kappa shape index (κ2) is 17.1. The summed E-state index contributed by atoms with van der Waals surface area (Å²) >= 11 is 6.61. The molecular weight excluding hydrogens is 880 g/mol. The van der Waals surface area contributed by atoms with E-state index in [9.17, 15) is 39.6 Å². The highest BCUT2D eigenvalue weighted by Gasteiger charge is 2.32. The first-order chi connectivity index (χ1) is 29.8. The normalized spacial score (nSPS) is 17.6. The molecule has 1 amide bonds. The molecule has 22 heteroatoms. The van der Waals surface area contributed by atoms with Crippen LogP contribution in [0.2, 0.25) is 5.02 Å². The molecule has 1 saturated carbocycles. The van der Waals surface area contributed by atoms with Crippen LogP contribution in [0.15, 0.2) is 59.4 Å². The lowest BCUT2D eigenvalue weighted by Gasteiger charge is -2.37. The van der Waals surface area contributed by atoms with Gasteiger partial charge in [0.2, 0.25) is 15.9 Å². The van der Waals surface area contributed by atoms with Gasteiger partial charge in [0.25, 0.3) is 18.4 Å². The maximum Gasteiger partial charge on any atom is 0.280 e. The number of sulfonamides is 1. The summed E-state index contributed by atoms with van der Waals surface area (Å²) in [5.41, 5.74) is -0.608. The second-order valence-electron chi connectivity index (χ2n) is 15.9. The zero-order valence-electron chi connectivity index (χ0n) is 33.8. The molecular formula is C41H40ClF6N9O5S. The summed E-state index contributed by atoms with van der Waals surface area (Å²) in [4.78, 5) is 36.2. The first-order valence-corrected chi connectivity index (χ1v) is 22.1. The summed E-state index contributed by atoms with van der Waals surface area (Å²) in [7, 11) is -4.07. The number of halogens is 7. The number of rotatable bonds is 14. The van der Waals surface area contributed by atoms with Crippen LogP contribution in [0.4, 0.5) is 37.8 Å². The fourth-order valence-electron chi connectivity index (χ4n) is 8.08. The van der Waals surface area contributed by atoms with Crippen molar-refractivity contribution in [3.63, 3.8) is 0 Å². The molecule has 0 bridgehead atoms. The van der Waals surface area contributed by atoms with Crippen LogP contribution in [-0.4, -0.2) is 81.4 Å². The lowest BCUT2D eigenvalue weighted by molar-refractivity contribution is -0.122. The number of hydrogen-bond donors (Lipinski definition) is 2. The van der Waals surface area contributed by atoms with Gasteiger partial charge < -0.3 is 15.0 Å². The molecule has 8 rings (SSSR count). The first-order valence-electron chi connectivity index (χ1n) is 19.8. The molecule has 3 atom stereocenters. The molecule has 2 N–H and O–H groups in total. The summed E-state index contributed by atoms with van der Waals surface area (Å²) < 4.78 is 122. The van der Waals surface area contributed by atoms with Crippen LogP contribution in [0.3, 0.4) is 0 Å². The van der Waals surface area contributed by atoms with Gasteiger partial charge in [0.05, 0.1) is 62.7 Å². The molecule has 1 aliphatic heterocycles. The van der Waals surface area contributed by atoms with Crippen molar-refractivity contribution in [2.24, 2.45) is 0 Å². The van der Waals surface area contributed by atoms with Crippen molar-refractivity contribution in [3.8, 4) is 5.69 Å². The Morgan fingerprint density at radius 2 is 1.65 bits per heavy atom. The predicted molar refractivity (Wildman–Crippen MR) is 222 cm³/mol. The molecule has 2 aliphatic rings. The van der Waals surface area contributed by atoms with Gasteiger partial charge in [-0.2, -0.15) is 10.2 Å². The number of carbonyl (C=O) groups is 1. The average Bonchev–Trinajstić information content (AvgIpc) is 3.85. The number of alkyl halides is 4. The number of hydrogen-bond acceptors (Lipinski definition) is 9. The first kappa shape index (κ1) is 44.0. The molecule has 3 aromatic heterocycles. The largest absolute Gasteiger partial charge is 0.372 e. The molecule has 4 heterocycles. The van der Waals surface area contributed by atoms with Gasteiger partial charge in [-0.3, -0.25) is 28.2 Å². The number of carbonyl (C=O) groups excluding carboxylic acids is 1. The molecule has 1 saturated heterocycles. The molecule has 2 fully saturated rings. The Labute approximate surface area is 360 Å². The van der Waals surface area contributed by atoms with Crippen LogP contribution >= 0.6 is 11.6 Å². The van der Waals surface area contributed by atoms with Crippen molar-refractivity contribution in [3.05, 3.63) is 104 Å². The third-order valence-corrected chi connectivity index (χ3v) is 11.5. The maximum atomic E-state index is 15.1. The number of fused-ring (bicyclic) bond motifs is 2. The van der Waals surface area contributed by atoms with Gasteiger partial charge in [-0.05, 0) is 80.8 Å². The van der Waals surface area contributed by atoms with E-state index in [4.69, 9.17) is 21.3 Å². The Kier molecular flexibility index (Phi) is 12.0. The van der Waals surface area contributed by atoms with Crippen molar-refractivity contribution in [2.45, 2.75) is 83.2 Å². The SMILES string of the molecule is C[C@@H]1CN(c2ccc3c(=O)n(-c4ccc(Cl)c5c(NS(C)(=O)=O)nn(CC(F)F)c45)c([C@H](Cc4cc(F)cc(F)c4)NC(=O)Cn4nc(C5CC5)cc4C(F)F)nc3c2)C[C@H](C)O1. The Hall–Kier alpha value is -5.67. The Balaban J connectivity index is 1.37. The summed E-state index contributed by atoms with van der Waals surface area (Å²) in [6.45, 7) is 2.96. The van der Waals surface area contributed by atoms with Crippen molar-refractivity contribution in [1.82, 2.24) is 34.4 Å². The minimum Gasteiger partial charge on any atom is -0.372 e. The molecule has 6 aromatic rings. The van der Waals surface area contributed by atoms with Gasteiger partial charge >= 0.3 is 0 Å². The van der Waals surface area contributed by atoms with Crippen LogP contribution in [0.1, 0.15) is 67.9 Å². The van der Waals surface area contributed by atoms with E-state index >= 15 is 4.79 Å². The zero-order chi connectivity index (χ0) is 45.1. The fourth-order valence-corrected chi connectivity index (χ4v) is 8.81. The van der Waals surface area contributed by atoms with Crippen molar-refractivity contribution in [2.75, 3.05) is 29.0 Å². The smallest absolute Gasteiger partial charge is 0.280 e. The van der Waals surface area contributed by atoms with Gasteiger partial charge in [-0.25, -0.2) is 39.7 Å². The van der Waals surface area contributed by atoms with Gasteiger partial charge in [-0.15, -0.1) is 0 Å². The quantitative estimate of drug-likeness (QED) is 0.110. The maximum absolute atomic E-state index is 15.1. The van der Waals surface area contributed by atoms with E-state index in [0.29, 0.717) is 30.5 Å². The number of benzene rings is 3. The third kappa shape index (κ3) is 9.50. The Morgan fingerprint density at radius 3 is 2.29 bits per heavy atom. The van der Waals surface area contributed by atoms with Crippen LogP contribution < -0.4 is 20.5 Å². The average molecular weight is 920 g/mol. The molecule has 3 aromatic carbocycles. The number of aromatic nitrogens is 6. The monoisotopic (exact) mass is 919 g/mol. The van der Waals surface area contributed by atoms with Crippen molar-refractivity contribution >= 4 is 60.8 Å². The van der Waals surface area contributed by atoms with Crippen molar-refractivity contribution in [1.29, 1.82) is 0 Å². The van der Waals surface area contributed by atoms with Crippen LogP contribution in [0, 0.1) is 11.6 Å². The van der Waals surface area contributed by atoms with E-state index in [2.05, 4.69) is 20.2 Å². The van der Waals surface area contributed by atoms with Gasteiger partial charge in [0.15, 0.2) is 5.82 Å². The van der Waals surface area contributed by atoms with E-state index in [1.54, 1.807) is 12.1 Å². The van der Waals surface area contributed by atoms with E-state index in [1.165, 1.54) is 24.3 Å². The predicted octanol–water partition coefficient (Wildman–Crippen LogP) is 7.03. The van der Waals surface area contributed by atoms with E-state index in [-0.39, 0.29) is 62.0 Å². The minimum atomic E-state index is -4.07. The lowest BCUT2D eigenvalue weighted by Crippen LogP contribution is -2.45. The summed E-state index contributed by atoms with van der Waals surface area (Å²) in [6, 6.07) is 9.79. The highest BCUT2D eigenvalue weighted by Crippen LogP contribution is 2.41. The number of nitrogens with zero attached hydrogens (tertiary/aromatic N) is 7. The van der Waals surface area contributed by atoms with Crippen LogP contribution in [-0.2, 0) is 39.1 Å². The molecule has 0 radical (unpaired) electrons. The molecule has 0 unspecified atom stereocenters. The van der Waals surface area contributed by atoms with Crippen LogP contribution in [0.5, 0.6) is 0 Å². The standard InChI is InChI=1S/C41H40ClF6N9O5S/c1-20-16-54(17-21(2)62-20)26-6-7-27-30(14-26)50-40(57(41(27)59)32-9-8-28(42)36-37(32)56(18-34(45)46)52-39(36)53-63(3,60)61)31(12-22-10-24(43)13-25(44)11-22)49-35(58)19-55-33(38(47)48)15-29(51-55)23-4-5-23/h6-11,13-15,20-21,23,31,34,38H,4-5,12,16-19H2,1-3H3,(H,49,58)(H,52,53)/t20-,21+,31-/m0/s1. The van der Waals surface area contributed by atoms with Crippen molar-refractivity contribution < 1.29 is 44.3 Å². The molecule has 63 heavy (non-hydrogen) atoms. The minimum absolute atomic E-state index is 0.0157. The Bertz CT molecular complexity index is 2890. The number of ether oxygens (including phenoxy) is 1. The highest BCUT2D eigenvalue weighted by atomic mass is 35.5. The number of amides is 1. The topological polar surface area (TPSA) is 158 Å².